The average Bonchev–Trinajstić information content (AvgIpc) is 2.90. The third-order valence-corrected chi connectivity index (χ3v) is 6.72. The zero-order chi connectivity index (χ0) is 25.2. The zero-order valence-electron chi connectivity index (χ0n) is 19.6. The van der Waals surface area contributed by atoms with Gasteiger partial charge in [0.1, 0.15) is 5.75 Å². The van der Waals surface area contributed by atoms with E-state index in [9.17, 15) is 14.4 Å². The molecule has 0 bridgehead atoms. The quantitative estimate of drug-likeness (QED) is 0.271. The van der Waals surface area contributed by atoms with Gasteiger partial charge in [-0.05, 0) is 60.8 Å². The summed E-state index contributed by atoms with van der Waals surface area (Å²) in [7, 11) is 0. The van der Waals surface area contributed by atoms with Crippen molar-refractivity contribution < 1.29 is 19.1 Å². The number of hydrogen-bond donors (Lipinski definition) is 0. The largest absolute Gasteiger partial charge is 0.492 e. The molecule has 4 aromatic rings. The Balaban J connectivity index is 1.50. The molecule has 180 valence electrons. The highest BCUT2D eigenvalue weighted by Gasteiger charge is 2.33. The van der Waals surface area contributed by atoms with Gasteiger partial charge in [-0.1, -0.05) is 52.3 Å². The van der Waals surface area contributed by atoms with Crippen molar-refractivity contribution in [1.82, 2.24) is 4.90 Å². The lowest BCUT2D eigenvalue weighted by Crippen LogP contribution is -2.46. The summed E-state index contributed by atoms with van der Waals surface area (Å²) in [5, 5.41) is 1.53. The predicted molar refractivity (Wildman–Crippen MR) is 143 cm³/mol. The molecular weight excluding hydrogens is 520 g/mol. The van der Waals surface area contributed by atoms with Crippen LogP contribution in [0.5, 0.6) is 5.75 Å². The Hall–Kier alpha value is -3.97. The second-order valence-corrected chi connectivity index (χ2v) is 9.25. The predicted octanol–water partition coefficient (Wildman–Crippen LogP) is 5.94. The van der Waals surface area contributed by atoms with Gasteiger partial charge in [-0.2, -0.15) is 0 Å². The second kappa shape index (κ2) is 9.95. The second-order valence-electron chi connectivity index (χ2n) is 8.34. The van der Waals surface area contributed by atoms with Crippen LogP contribution >= 0.6 is 15.9 Å². The minimum absolute atomic E-state index is 0.0329. The average molecular weight is 543 g/mol. The first-order valence-corrected chi connectivity index (χ1v) is 12.5. The third-order valence-electron chi connectivity index (χ3n) is 6.20. The van der Waals surface area contributed by atoms with Gasteiger partial charge in [0.05, 0.1) is 12.3 Å². The van der Waals surface area contributed by atoms with E-state index in [1.165, 1.54) is 4.90 Å². The molecule has 0 spiro atoms. The zero-order valence-corrected chi connectivity index (χ0v) is 21.2. The van der Waals surface area contributed by atoms with Gasteiger partial charge in [0, 0.05) is 39.6 Å². The van der Waals surface area contributed by atoms with Gasteiger partial charge in [0.25, 0.3) is 17.7 Å². The number of carbonyl (C=O) groups excluding carboxylic acids is 3. The molecule has 7 heteroatoms. The van der Waals surface area contributed by atoms with E-state index < -0.39 is 0 Å². The van der Waals surface area contributed by atoms with Crippen LogP contribution in [-0.2, 0) is 0 Å². The van der Waals surface area contributed by atoms with Crippen molar-refractivity contribution in [3.63, 3.8) is 0 Å². The molecule has 1 aliphatic heterocycles. The smallest absolute Gasteiger partial charge is 0.261 e. The van der Waals surface area contributed by atoms with Crippen LogP contribution in [0.15, 0.2) is 89.4 Å². The molecular formula is C29H23BrN2O4. The van der Waals surface area contributed by atoms with E-state index >= 15 is 0 Å². The summed E-state index contributed by atoms with van der Waals surface area (Å²) in [5.41, 5.74) is 2.04. The molecule has 0 radical (unpaired) electrons. The maximum atomic E-state index is 13.7. The van der Waals surface area contributed by atoms with E-state index in [0.717, 1.165) is 9.86 Å². The Morgan fingerprint density at radius 2 is 1.50 bits per heavy atom. The summed E-state index contributed by atoms with van der Waals surface area (Å²) >= 11 is 3.40. The van der Waals surface area contributed by atoms with Gasteiger partial charge < -0.3 is 9.64 Å². The van der Waals surface area contributed by atoms with E-state index in [2.05, 4.69) is 15.9 Å². The van der Waals surface area contributed by atoms with Crippen molar-refractivity contribution in [3.8, 4) is 5.75 Å². The van der Waals surface area contributed by atoms with Crippen molar-refractivity contribution >= 4 is 50.1 Å². The molecule has 0 aliphatic carbocycles. The number of rotatable bonds is 7. The summed E-state index contributed by atoms with van der Waals surface area (Å²) in [6, 6.07) is 25.2. The summed E-state index contributed by atoms with van der Waals surface area (Å²) in [4.78, 5) is 43.2. The Bertz CT molecular complexity index is 1430. The highest BCUT2D eigenvalue weighted by atomic mass is 79.9. The summed E-state index contributed by atoms with van der Waals surface area (Å²) in [6.45, 7) is 2.45. The van der Waals surface area contributed by atoms with Crippen molar-refractivity contribution in [3.05, 3.63) is 106 Å². The number of para-hydroxylation sites is 2. The number of nitrogens with zero attached hydrogens (tertiary/aromatic N) is 2. The number of imide groups is 1. The van der Waals surface area contributed by atoms with Crippen molar-refractivity contribution in [1.29, 1.82) is 0 Å². The molecule has 1 aliphatic rings. The Labute approximate surface area is 217 Å². The molecule has 1 heterocycles. The van der Waals surface area contributed by atoms with Crippen molar-refractivity contribution in [2.24, 2.45) is 0 Å². The highest BCUT2D eigenvalue weighted by molar-refractivity contribution is 9.10. The molecule has 0 aromatic heterocycles. The van der Waals surface area contributed by atoms with Gasteiger partial charge in [0.15, 0.2) is 0 Å². The fourth-order valence-corrected chi connectivity index (χ4v) is 4.79. The molecule has 0 unspecified atom stereocenters. The first-order chi connectivity index (χ1) is 17.5. The fourth-order valence-electron chi connectivity index (χ4n) is 4.52. The van der Waals surface area contributed by atoms with Gasteiger partial charge in [0.2, 0.25) is 0 Å². The van der Waals surface area contributed by atoms with Gasteiger partial charge in [-0.3, -0.25) is 19.3 Å². The lowest BCUT2D eigenvalue weighted by molar-refractivity contribution is 0.0611. The number of carbonyl (C=O) groups is 3. The first kappa shape index (κ1) is 23.8. The number of anilines is 1. The van der Waals surface area contributed by atoms with Crippen LogP contribution in [0, 0.1) is 0 Å². The number of ether oxygens (including phenoxy) is 1. The van der Waals surface area contributed by atoms with Crippen LogP contribution in [0.25, 0.3) is 10.8 Å². The fraction of sp³-hybridized carbons (Fsp3) is 0.138. The Kier molecular flexibility index (Phi) is 6.57. The minimum atomic E-state index is -0.363. The van der Waals surface area contributed by atoms with Gasteiger partial charge in [-0.15, -0.1) is 0 Å². The van der Waals surface area contributed by atoms with Crippen LogP contribution < -0.4 is 9.64 Å². The molecule has 0 atom stereocenters. The number of benzene rings is 4. The maximum absolute atomic E-state index is 13.7. The summed E-state index contributed by atoms with van der Waals surface area (Å²) in [5.74, 6) is -0.428. The molecule has 0 saturated carbocycles. The van der Waals surface area contributed by atoms with Crippen LogP contribution in [-0.4, -0.2) is 42.3 Å². The van der Waals surface area contributed by atoms with Crippen LogP contribution in [0.2, 0.25) is 0 Å². The van der Waals surface area contributed by atoms with Crippen LogP contribution in [0.4, 0.5) is 5.69 Å². The van der Waals surface area contributed by atoms with Crippen molar-refractivity contribution in [2.45, 2.75) is 6.92 Å². The number of hydrogen-bond acceptors (Lipinski definition) is 4. The van der Waals surface area contributed by atoms with Gasteiger partial charge >= 0.3 is 0 Å². The summed E-state index contributed by atoms with van der Waals surface area (Å²) in [6.07, 6.45) is 0. The highest BCUT2D eigenvalue weighted by Crippen LogP contribution is 2.32. The van der Waals surface area contributed by atoms with E-state index in [1.807, 2.05) is 43.3 Å². The third kappa shape index (κ3) is 4.27. The molecule has 36 heavy (non-hydrogen) atoms. The van der Waals surface area contributed by atoms with E-state index in [-0.39, 0.29) is 30.8 Å². The standard InChI is InChI=1S/C29H23BrN2O4/c1-2-36-25-12-4-3-11-24(25)31(27(33)20-13-15-21(30)16-14-20)17-18-32-28(34)22-9-5-7-19-8-6-10-23(26(19)22)29(32)35/h3-16H,2,17-18H2,1H3. The summed E-state index contributed by atoms with van der Waals surface area (Å²) < 4.78 is 6.65. The molecule has 4 aromatic carbocycles. The van der Waals surface area contributed by atoms with Gasteiger partial charge in [-0.25, -0.2) is 0 Å². The molecule has 6 nitrogen and oxygen atoms in total. The molecule has 5 rings (SSSR count). The van der Waals surface area contributed by atoms with E-state index in [0.29, 0.717) is 40.1 Å². The molecule has 3 amide bonds. The van der Waals surface area contributed by atoms with Crippen LogP contribution in [0.3, 0.4) is 0 Å². The Morgan fingerprint density at radius 3 is 2.14 bits per heavy atom. The molecule has 0 saturated heterocycles. The monoisotopic (exact) mass is 542 g/mol. The lowest BCUT2D eigenvalue weighted by Gasteiger charge is -2.31. The van der Waals surface area contributed by atoms with Crippen molar-refractivity contribution in [2.75, 3.05) is 24.6 Å². The topological polar surface area (TPSA) is 66.9 Å². The molecule has 0 fully saturated rings. The number of halogens is 1. The van der Waals surface area contributed by atoms with E-state index in [4.69, 9.17) is 4.74 Å². The SMILES string of the molecule is CCOc1ccccc1N(CCN1C(=O)c2cccc3cccc(c23)C1=O)C(=O)c1ccc(Br)cc1. The lowest BCUT2D eigenvalue weighted by atomic mass is 9.94. The van der Waals surface area contributed by atoms with Crippen LogP contribution in [0.1, 0.15) is 38.0 Å². The minimum Gasteiger partial charge on any atom is -0.492 e. The maximum Gasteiger partial charge on any atom is 0.261 e. The normalized spacial score (nSPS) is 12.7. The molecule has 0 N–H and O–H groups in total. The first-order valence-electron chi connectivity index (χ1n) is 11.7. The van der Waals surface area contributed by atoms with E-state index in [1.54, 1.807) is 53.4 Å². The Morgan fingerprint density at radius 1 is 0.861 bits per heavy atom. The number of amides is 3.